The van der Waals surface area contributed by atoms with Crippen LogP contribution in [0.25, 0.3) is 0 Å². The molecule has 1 aromatic heterocycles. The van der Waals surface area contributed by atoms with Gasteiger partial charge in [-0.3, -0.25) is 9.69 Å². The van der Waals surface area contributed by atoms with Crippen molar-refractivity contribution in [2.75, 3.05) is 44.7 Å². The van der Waals surface area contributed by atoms with Crippen LogP contribution in [0.5, 0.6) is 6.01 Å². The zero-order valence-electron chi connectivity index (χ0n) is 23.1. The number of carbonyl (C=O) groups is 1. The zero-order chi connectivity index (χ0) is 29.1. The van der Waals surface area contributed by atoms with Crippen LogP contribution in [-0.2, 0) is 17.9 Å². The van der Waals surface area contributed by atoms with Gasteiger partial charge >= 0.3 is 12.2 Å². The van der Waals surface area contributed by atoms with Gasteiger partial charge in [0, 0.05) is 44.3 Å². The molecule has 0 spiro atoms. The van der Waals surface area contributed by atoms with Crippen molar-refractivity contribution in [3.63, 3.8) is 0 Å². The molecule has 0 radical (unpaired) electrons. The number of anilines is 1. The van der Waals surface area contributed by atoms with Crippen LogP contribution < -0.4 is 9.64 Å². The number of nitrogens with zero attached hydrogens (tertiary/aromatic N) is 7. The summed E-state index contributed by atoms with van der Waals surface area (Å²) in [6.07, 6.45) is -1.35. The summed E-state index contributed by atoms with van der Waals surface area (Å²) in [5, 5.41) is 9.43. The summed E-state index contributed by atoms with van der Waals surface area (Å²) in [6, 6.07) is 8.93. The third kappa shape index (κ3) is 6.16. The van der Waals surface area contributed by atoms with E-state index >= 15 is 0 Å². The summed E-state index contributed by atoms with van der Waals surface area (Å²) in [5.74, 6) is -0.166. The number of benzene rings is 1. The lowest BCUT2D eigenvalue weighted by atomic mass is 10.0. The summed E-state index contributed by atoms with van der Waals surface area (Å²) in [7, 11) is 2.02. The Morgan fingerprint density at radius 3 is 2.63 bits per heavy atom. The highest BCUT2D eigenvalue weighted by Crippen LogP contribution is 2.48. The summed E-state index contributed by atoms with van der Waals surface area (Å²) in [6.45, 7) is 5.55. The molecule has 1 unspecified atom stereocenters. The Labute approximate surface area is 237 Å². The molecule has 1 amide bonds. The van der Waals surface area contributed by atoms with Gasteiger partial charge in [-0.15, -0.1) is 0 Å². The highest BCUT2D eigenvalue weighted by atomic mass is 19.4. The lowest BCUT2D eigenvalue weighted by Crippen LogP contribution is -2.55. The van der Waals surface area contributed by atoms with E-state index in [0.717, 1.165) is 24.9 Å². The minimum absolute atomic E-state index is 0.0120. The zero-order valence-corrected chi connectivity index (χ0v) is 23.1. The Morgan fingerprint density at radius 1 is 1.20 bits per heavy atom. The summed E-state index contributed by atoms with van der Waals surface area (Å²) in [4.78, 5) is 28.4. The molecule has 3 aliphatic rings. The smallest absolute Gasteiger partial charge is 0.408 e. The third-order valence-corrected chi connectivity index (χ3v) is 8.16. The number of alkyl halides is 3. The number of piperazine rings is 1. The van der Waals surface area contributed by atoms with E-state index in [9.17, 15) is 23.2 Å². The van der Waals surface area contributed by atoms with Crippen LogP contribution in [0.1, 0.15) is 42.1 Å². The molecule has 3 atom stereocenters. The number of hydrogen-bond donors (Lipinski definition) is 0. The molecule has 12 heteroatoms. The molecule has 0 bridgehead atoms. The molecule has 2 saturated heterocycles. The van der Waals surface area contributed by atoms with Gasteiger partial charge in [0.1, 0.15) is 18.5 Å². The number of hydrogen-bond acceptors (Lipinski definition) is 8. The van der Waals surface area contributed by atoms with Crippen molar-refractivity contribution in [2.45, 2.75) is 56.7 Å². The van der Waals surface area contributed by atoms with Gasteiger partial charge in [0.25, 0.3) is 0 Å². The highest BCUT2D eigenvalue weighted by Gasteiger charge is 2.52. The summed E-state index contributed by atoms with van der Waals surface area (Å²) in [5.41, 5.74) is 1.05. The second-order valence-corrected chi connectivity index (χ2v) is 10.8. The summed E-state index contributed by atoms with van der Waals surface area (Å²) < 4.78 is 50.4. The Hall–Kier alpha value is -3.69. The topological polar surface area (TPSA) is 88.8 Å². The fraction of sp³-hybridized carbons (Fsp3) is 0.517. The number of likely N-dealkylation sites (N-methyl/N-ethyl adjacent to an activating group) is 1. The molecule has 2 aromatic rings. The van der Waals surface area contributed by atoms with Gasteiger partial charge in [-0.1, -0.05) is 36.9 Å². The van der Waals surface area contributed by atoms with Crippen LogP contribution in [0.2, 0.25) is 0 Å². The molecule has 9 nitrogen and oxygen atoms in total. The van der Waals surface area contributed by atoms with E-state index in [4.69, 9.17) is 4.74 Å². The van der Waals surface area contributed by atoms with Crippen LogP contribution in [0.4, 0.5) is 19.0 Å². The quantitative estimate of drug-likeness (QED) is 0.445. The molecule has 41 heavy (non-hydrogen) atoms. The largest absolute Gasteiger partial charge is 0.462 e. The number of fused-ring (bicyclic) bond motifs is 1. The second kappa shape index (κ2) is 12.0. The van der Waals surface area contributed by atoms with E-state index < -0.39 is 18.3 Å². The van der Waals surface area contributed by atoms with Gasteiger partial charge in [0.05, 0.1) is 24.2 Å². The molecular weight excluding hydrogens is 535 g/mol. The molecule has 0 aliphatic carbocycles. The van der Waals surface area contributed by atoms with Crippen molar-refractivity contribution < 1.29 is 22.7 Å². The van der Waals surface area contributed by atoms with Gasteiger partial charge in [0.2, 0.25) is 5.91 Å². The van der Waals surface area contributed by atoms with Crippen molar-refractivity contribution in [3.05, 3.63) is 59.8 Å². The van der Waals surface area contributed by atoms with Crippen molar-refractivity contribution in [1.82, 2.24) is 24.7 Å². The average Bonchev–Trinajstić information content (AvgIpc) is 3.54. The first-order chi connectivity index (χ1) is 19.7. The van der Waals surface area contributed by atoms with Crippen molar-refractivity contribution >= 4 is 11.7 Å². The standard InChI is InChI=1S/C29H34F3N7O2/c1-3-24(40)39-15-14-37(17-21(39)11-12-33)27-25-23(34-28(35-27)41-19-22-10-7-13-36(22)2)18-38(26(25)29(30,31)32)16-20-8-5-4-6-9-20/h3-6,8-9,21-22,26H,1,7,10-11,13-19H2,2H3/t21-,22-,26?/m0/s1. The molecule has 3 aliphatic heterocycles. The first-order valence-electron chi connectivity index (χ1n) is 13.8. The van der Waals surface area contributed by atoms with Gasteiger partial charge in [-0.05, 0) is 38.1 Å². The van der Waals surface area contributed by atoms with Crippen LogP contribution in [0.15, 0.2) is 43.0 Å². The molecule has 218 valence electrons. The van der Waals surface area contributed by atoms with Gasteiger partial charge < -0.3 is 19.4 Å². The monoisotopic (exact) mass is 569 g/mol. The van der Waals surface area contributed by atoms with Gasteiger partial charge in [-0.25, -0.2) is 0 Å². The fourth-order valence-electron chi connectivity index (χ4n) is 6.08. The third-order valence-electron chi connectivity index (χ3n) is 8.16. The molecule has 5 rings (SSSR count). The van der Waals surface area contributed by atoms with E-state index in [1.54, 1.807) is 34.1 Å². The van der Waals surface area contributed by atoms with E-state index in [0.29, 0.717) is 6.61 Å². The van der Waals surface area contributed by atoms with E-state index in [1.807, 2.05) is 13.1 Å². The highest BCUT2D eigenvalue weighted by molar-refractivity contribution is 5.87. The Kier molecular flexibility index (Phi) is 8.47. The number of ether oxygens (including phenoxy) is 1. The van der Waals surface area contributed by atoms with E-state index in [1.165, 1.54) is 11.0 Å². The van der Waals surface area contributed by atoms with E-state index in [2.05, 4.69) is 27.5 Å². The van der Waals surface area contributed by atoms with Crippen LogP contribution >= 0.6 is 0 Å². The number of likely N-dealkylation sites (tertiary alicyclic amines) is 1. The Balaban J connectivity index is 1.52. The molecule has 4 heterocycles. The number of halogens is 3. The number of aromatic nitrogens is 2. The predicted molar refractivity (Wildman–Crippen MR) is 146 cm³/mol. The maximum Gasteiger partial charge on any atom is 0.408 e. The minimum Gasteiger partial charge on any atom is -0.462 e. The van der Waals surface area contributed by atoms with Gasteiger partial charge in [-0.2, -0.15) is 28.4 Å². The molecule has 0 N–H and O–H groups in total. The maximum atomic E-state index is 14.8. The Morgan fingerprint density at radius 2 is 1.98 bits per heavy atom. The lowest BCUT2D eigenvalue weighted by Gasteiger charge is -2.41. The predicted octanol–water partition coefficient (Wildman–Crippen LogP) is 3.69. The fourth-order valence-corrected chi connectivity index (χ4v) is 6.08. The van der Waals surface area contributed by atoms with Gasteiger partial charge in [0.15, 0.2) is 0 Å². The van der Waals surface area contributed by atoms with Crippen LogP contribution in [0, 0.1) is 11.3 Å². The minimum atomic E-state index is -4.58. The van der Waals surface area contributed by atoms with Crippen molar-refractivity contribution in [3.8, 4) is 12.1 Å². The first-order valence-corrected chi connectivity index (χ1v) is 13.8. The van der Waals surface area contributed by atoms with Crippen LogP contribution in [0.3, 0.4) is 0 Å². The molecule has 1 aromatic carbocycles. The first kappa shape index (κ1) is 28.8. The number of carbonyl (C=O) groups excluding carboxylic acids is 1. The van der Waals surface area contributed by atoms with Crippen molar-refractivity contribution in [2.24, 2.45) is 0 Å². The number of nitriles is 1. The maximum absolute atomic E-state index is 14.8. The normalized spacial score (nSPS) is 23.3. The lowest BCUT2D eigenvalue weighted by molar-refractivity contribution is -0.185. The van der Waals surface area contributed by atoms with Crippen LogP contribution in [-0.4, -0.2) is 88.7 Å². The number of rotatable bonds is 8. The molecule has 0 saturated carbocycles. The number of amides is 1. The Bertz CT molecular complexity index is 1300. The summed E-state index contributed by atoms with van der Waals surface area (Å²) >= 11 is 0. The van der Waals surface area contributed by atoms with E-state index in [-0.39, 0.29) is 74.2 Å². The molecular formula is C29H34F3N7O2. The SMILES string of the molecule is C=CC(=O)N1CCN(c2nc(OC[C@@H]3CCCN3C)nc3c2C(C(F)(F)F)N(Cc2ccccc2)C3)C[C@@H]1CC#N. The second-order valence-electron chi connectivity index (χ2n) is 10.8. The van der Waals surface area contributed by atoms with Crippen molar-refractivity contribution in [1.29, 1.82) is 5.26 Å². The molecule has 2 fully saturated rings. The average molecular weight is 570 g/mol.